The third kappa shape index (κ3) is 6.46. The van der Waals surface area contributed by atoms with Crippen LogP contribution in [0.3, 0.4) is 0 Å². The quantitative estimate of drug-likeness (QED) is 0.722. The highest BCUT2D eigenvalue weighted by molar-refractivity contribution is 5.97. The van der Waals surface area contributed by atoms with E-state index in [2.05, 4.69) is 5.32 Å². The van der Waals surface area contributed by atoms with Crippen LogP contribution in [-0.2, 0) is 4.79 Å². The number of hydrogen-bond acceptors (Lipinski definition) is 4. The van der Waals surface area contributed by atoms with Crippen LogP contribution in [0.4, 0.5) is 23.7 Å². The Kier molecular flexibility index (Phi) is 6.65. The molecule has 0 radical (unpaired) electrons. The molecule has 2 rings (SSSR count). The van der Waals surface area contributed by atoms with Gasteiger partial charge >= 0.3 is 12.2 Å². The third-order valence-corrected chi connectivity index (χ3v) is 4.01. The number of aryl methyl sites for hydroxylation is 1. The van der Waals surface area contributed by atoms with Crippen LogP contribution in [0.15, 0.2) is 18.2 Å². The molecule has 1 aromatic rings. The lowest BCUT2D eigenvalue weighted by Gasteiger charge is -2.16. The second-order valence-corrected chi connectivity index (χ2v) is 6.23. The Morgan fingerprint density at radius 3 is 2.41 bits per heavy atom. The Morgan fingerprint density at radius 1 is 1.15 bits per heavy atom. The first-order valence-corrected chi connectivity index (χ1v) is 8.44. The van der Waals surface area contributed by atoms with Crippen LogP contribution in [-0.4, -0.2) is 55.1 Å². The second kappa shape index (κ2) is 8.74. The highest BCUT2D eigenvalue weighted by Gasteiger charge is 2.28. The first-order valence-electron chi connectivity index (χ1n) is 8.44. The third-order valence-electron chi connectivity index (χ3n) is 4.01. The second-order valence-electron chi connectivity index (χ2n) is 6.23. The molecule has 4 amide bonds. The number of nitrogens with one attached hydrogen (secondary N) is 3. The van der Waals surface area contributed by atoms with Crippen molar-refractivity contribution in [2.45, 2.75) is 25.9 Å². The average molecular weight is 386 g/mol. The van der Waals surface area contributed by atoms with Gasteiger partial charge in [-0.25, -0.2) is 4.79 Å². The van der Waals surface area contributed by atoms with Crippen molar-refractivity contribution < 1.29 is 27.6 Å². The van der Waals surface area contributed by atoms with E-state index in [1.54, 1.807) is 40.7 Å². The average Bonchev–Trinajstić information content (AvgIpc) is 3.12. The van der Waals surface area contributed by atoms with Gasteiger partial charge in [0.2, 0.25) is 5.91 Å². The zero-order valence-electron chi connectivity index (χ0n) is 14.8. The number of rotatable bonds is 5. The largest absolute Gasteiger partial charge is 0.405 e. The normalized spacial score (nSPS) is 14.0. The number of carbonyl (C=O) groups is 3. The molecular formula is C17H21F3N4O3. The zero-order valence-corrected chi connectivity index (χ0v) is 14.8. The summed E-state index contributed by atoms with van der Waals surface area (Å²) in [5.41, 5.74) is 1.86. The molecule has 0 aliphatic carbocycles. The van der Waals surface area contributed by atoms with Gasteiger partial charge in [0.05, 0.1) is 6.54 Å². The van der Waals surface area contributed by atoms with Crippen molar-refractivity contribution >= 4 is 23.5 Å². The monoisotopic (exact) mass is 386 g/mol. The molecule has 1 saturated heterocycles. The van der Waals surface area contributed by atoms with Gasteiger partial charge in [-0.3, -0.25) is 14.9 Å². The SMILES string of the molecule is Cc1cc(C(=O)N2CCCC2)ccc1NCC(=O)NC(=O)NCC(F)(F)F. The molecule has 1 fully saturated rings. The van der Waals surface area contributed by atoms with Crippen molar-refractivity contribution in [1.29, 1.82) is 0 Å². The van der Waals surface area contributed by atoms with Gasteiger partial charge in [-0.1, -0.05) is 0 Å². The predicted molar refractivity (Wildman–Crippen MR) is 92.4 cm³/mol. The maximum absolute atomic E-state index is 12.3. The van der Waals surface area contributed by atoms with E-state index in [0.717, 1.165) is 31.5 Å². The molecule has 0 spiro atoms. The topological polar surface area (TPSA) is 90.5 Å². The highest BCUT2D eigenvalue weighted by atomic mass is 19.4. The summed E-state index contributed by atoms with van der Waals surface area (Å²) in [6.45, 7) is 1.42. The zero-order chi connectivity index (χ0) is 20.0. The molecule has 0 unspecified atom stereocenters. The van der Waals surface area contributed by atoms with Crippen molar-refractivity contribution in [3.05, 3.63) is 29.3 Å². The van der Waals surface area contributed by atoms with Crippen LogP contribution in [0.1, 0.15) is 28.8 Å². The summed E-state index contributed by atoms with van der Waals surface area (Å²) >= 11 is 0. The summed E-state index contributed by atoms with van der Waals surface area (Å²) in [6, 6.07) is 3.78. The molecule has 0 bridgehead atoms. The molecule has 3 N–H and O–H groups in total. The van der Waals surface area contributed by atoms with Gasteiger partial charge in [-0.15, -0.1) is 0 Å². The number of anilines is 1. The van der Waals surface area contributed by atoms with Crippen molar-refractivity contribution in [3.8, 4) is 0 Å². The lowest BCUT2D eigenvalue weighted by Crippen LogP contribution is -2.45. The molecule has 0 aromatic heterocycles. The van der Waals surface area contributed by atoms with E-state index in [9.17, 15) is 27.6 Å². The molecule has 27 heavy (non-hydrogen) atoms. The number of nitrogens with zero attached hydrogens (tertiary/aromatic N) is 1. The molecule has 0 saturated carbocycles. The Bertz CT molecular complexity index is 716. The van der Waals surface area contributed by atoms with Crippen LogP contribution < -0.4 is 16.0 Å². The standard InChI is InChI=1S/C17H21F3N4O3/c1-11-8-12(15(26)24-6-2-3-7-24)4-5-13(11)21-9-14(25)23-16(27)22-10-17(18,19)20/h4-5,8,21H,2-3,6-7,9-10H2,1H3,(H2,22,23,25,27). The van der Waals surface area contributed by atoms with Crippen LogP contribution in [0.25, 0.3) is 0 Å². The summed E-state index contributed by atoms with van der Waals surface area (Å²) in [5.74, 6) is -0.826. The van der Waals surface area contributed by atoms with Gasteiger partial charge in [0, 0.05) is 24.3 Å². The van der Waals surface area contributed by atoms with Gasteiger partial charge in [0.1, 0.15) is 6.54 Å². The Labute approximate surface area is 154 Å². The van der Waals surface area contributed by atoms with E-state index < -0.39 is 24.7 Å². The van der Waals surface area contributed by atoms with Crippen LogP contribution in [0.2, 0.25) is 0 Å². The van der Waals surface area contributed by atoms with Crippen molar-refractivity contribution in [3.63, 3.8) is 0 Å². The minimum absolute atomic E-state index is 0.0405. The molecule has 7 nitrogen and oxygen atoms in total. The Hall–Kier alpha value is -2.78. The van der Waals surface area contributed by atoms with Crippen LogP contribution >= 0.6 is 0 Å². The number of halogens is 3. The molecule has 1 aliphatic heterocycles. The van der Waals surface area contributed by atoms with Gasteiger partial charge in [0.25, 0.3) is 5.91 Å². The summed E-state index contributed by atoms with van der Waals surface area (Å²) < 4.78 is 36.0. The van der Waals surface area contributed by atoms with Crippen molar-refractivity contribution in [2.24, 2.45) is 0 Å². The molecule has 1 aromatic carbocycles. The predicted octanol–water partition coefficient (Wildman–Crippen LogP) is 2.03. The smallest absolute Gasteiger partial charge is 0.376 e. The molecule has 1 heterocycles. The fourth-order valence-electron chi connectivity index (χ4n) is 2.67. The number of benzene rings is 1. The number of hydrogen-bond donors (Lipinski definition) is 3. The van der Waals surface area contributed by atoms with E-state index in [4.69, 9.17) is 0 Å². The minimum atomic E-state index is -4.55. The highest BCUT2D eigenvalue weighted by Crippen LogP contribution is 2.19. The van der Waals surface area contributed by atoms with E-state index in [0.29, 0.717) is 11.3 Å². The maximum atomic E-state index is 12.3. The van der Waals surface area contributed by atoms with Gasteiger partial charge in [-0.2, -0.15) is 13.2 Å². The van der Waals surface area contributed by atoms with E-state index in [-0.39, 0.29) is 12.5 Å². The van der Waals surface area contributed by atoms with E-state index in [1.165, 1.54) is 0 Å². The maximum Gasteiger partial charge on any atom is 0.405 e. The Balaban J connectivity index is 1.84. The molecule has 1 aliphatic rings. The number of amides is 4. The number of alkyl halides is 3. The minimum Gasteiger partial charge on any atom is -0.376 e. The number of likely N-dealkylation sites (tertiary alicyclic amines) is 1. The lowest BCUT2D eigenvalue weighted by molar-refractivity contribution is -0.124. The van der Waals surface area contributed by atoms with Gasteiger partial charge in [-0.05, 0) is 43.5 Å². The van der Waals surface area contributed by atoms with Gasteiger partial charge < -0.3 is 15.5 Å². The molecule has 0 atom stereocenters. The van der Waals surface area contributed by atoms with E-state index >= 15 is 0 Å². The molecule has 10 heteroatoms. The van der Waals surface area contributed by atoms with Gasteiger partial charge in [0.15, 0.2) is 0 Å². The van der Waals surface area contributed by atoms with Crippen molar-refractivity contribution in [1.82, 2.24) is 15.5 Å². The first-order chi connectivity index (χ1) is 12.7. The number of urea groups is 1. The molecule has 148 valence electrons. The number of carbonyl (C=O) groups excluding carboxylic acids is 3. The summed E-state index contributed by atoms with van der Waals surface area (Å²) in [7, 11) is 0. The molecular weight excluding hydrogens is 365 g/mol. The van der Waals surface area contributed by atoms with Crippen LogP contribution in [0, 0.1) is 6.92 Å². The van der Waals surface area contributed by atoms with Crippen molar-refractivity contribution in [2.75, 3.05) is 31.5 Å². The fraction of sp³-hybridized carbons (Fsp3) is 0.471. The summed E-state index contributed by atoms with van der Waals surface area (Å²) in [4.78, 5) is 37.0. The first kappa shape index (κ1) is 20.5. The van der Waals surface area contributed by atoms with Crippen LogP contribution in [0.5, 0.6) is 0 Å². The Morgan fingerprint density at radius 2 is 1.81 bits per heavy atom. The fourth-order valence-corrected chi connectivity index (χ4v) is 2.67. The summed E-state index contributed by atoms with van der Waals surface area (Å²) in [6.07, 6.45) is -2.56. The number of imide groups is 1. The van der Waals surface area contributed by atoms with E-state index in [1.807, 2.05) is 0 Å². The summed E-state index contributed by atoms with van der Waals surface area (Å²) in [5, 5.41) is 6.13. The lowest BCUT2D eigenvalue weighted by atomic mass is 10.1.